The number of aryl methyl sites for hydroxylation is 1. The third-order valence-corrected chi connectivity index (χ3v) is 4.30. The van der Waals surface area contributed by atoms with Gasteiger partial charge in [0.15, 0.2) is 0 Å². The third-order valence-electron chi connectivity index (χ3n) is 3.25. The maximum atomic E-state index is 12.1. The Bertz CT molecular complexity index is 867. The van der Waals surface area contributed by atoms with Gasteiger partial charge in [0.05, 0.1) is 10.5 Å². The van der Waals surface area contributed by atoms with Crippen LogP contribution in [0.2, 0.25) is 0 Å². The van der Waals surface area contributed by atoms with Gasteiger partial charge in [-0.05, 0) is 42.3 Å². The van der Waals surface area contributed by atoms with Crippen LogP contribution in [0.4, 0.5) is 8.78 Å². The average molecular weight is 371 g/mol. The number of hydrogen-bond donors (Lipinski definition) is 1. The lowest BCUT2D eigenvalue weighted by Gasteiger charge is -2.09. The molecule has 0 heterocycles. The van der Waals surface area contributed by atoms with Crippen molar-refractivity contribution in [3.05, 3.63) is 59.2 Å². The number of carbonyl (C=O) groups is 1. The predicted octanol–water partition coefficient (Wildman–Crippen LogP) is 2.60. The van der Waals surface area contributed by atoms with E-state index in [9.17, 15) is 22.0 Å². The molecule has 134 valence electrons. The van der Waals surface area contributed by atoms with Crippen molar-refractivity contribution < 1.29 is 31.5 Å². The van der Waals surface area contributed by atoms with Crippen molar-refractivity contribution >= 4 is 16.0 Å². The molecule has 25 heavy (non-hydrogen) atoms. The molecule has 2 aromatic carbocycles. The van der Waals surface area contributed by atoms with E-state index in [0.29, 0.717) is 11.1 Å². The van der Waals surface area contributed by atoms with Gasteiger partial charge in [0.2, 0.25) is 10.0 Å². The molecule has 0 aliphatic carbocycles. The fourth-order valence-electron chi connectivity index (χ4n) is 2.03. The molecule has 2 rings (SSSR count). The molecular formula is C16H15F2NO5S. The topological polar surface area (TPSA) is 95.7 Å². The molecule has 0 fully saturated rings. The molecule has 6 nitrogen and oxygen atoms in total. The highest BCUT2D eigenvalue weighted by atomic mass is 32.2. The molecule has 0 radical (unpaired) electrons. The van der Waals surface area contributed by atoms with E-state index >= 15 is 0 Å². The Morgan fingerprint density at radius 1 is 1.16 bits per heavy atom. The fraction of sp³-hybridized carbons (Fsp3) is 0.188. The molecule has 0 aliphatic heterocycles. The number of primary sulfonamides is 1. The number of rotatable bonds is 6. The van der Waals surface area contributed by atoms with E-state index in [1.807, 2.05) is 0 Å². The molecule has 0 bridgehead atoms. The summed E-state index contributed by atoms with van der Waals surface area (Å²) in [7, 11) is -3.95. The maximum absolute atomic E-state index is 12.1. The normalized spacial score (nSPS) is 11.4. The van der Waals surface area contributed by atoms with Crippen molar-refractivity contribution in [1.29, 1.82) is 0 Å². The van der Waals surface area contributed by atoms with E-state index in [-0.39, 0.29) is 22.8 Å². The Morgan fingerprint density at radius 3 is 2.36 bits per heavy atom. The van der Waals surface area contributed by atoms with Gasteiger partial charge < -0.3 is 9.47 Å². The number of hydrogen-bond acceptors (Lipinski definition) is 5. The summed E-state index contributed by atoms with van der Waals surface area (Å²) < 4.78 is 56.4. The van der Waals surface area contributed by atoms with Crippen LogP contribution in [0.25, 0.3) is 0 Å². The largest absolute Gasteiger partial charge is 0.457 e. The van der Waals surface area contributed by atoms with E-state index in [1.54, 1.807) is 6.92 Å². The van der Waals surface area contributed by atoms with Crippen LogP contribution in [0.5, 0.6) is 5.75 Å². The van der Waals surface area contributed by atoms with Crippen molar-refractivity contribution in [2.45, 2.75) is 25.0 Å². The molecule has 0 spiro atoms. The van der Waals surface area contributed by atoms with Crippen LogP contribution >= 0.6 is 0 Å². The van der Waals surface area contributed by atoms with Crippen molar-refractivity contribution in [3.8, 4) is 5.75 Å². The van der Waals surface area contributed by atoms with Crippen LogP contribution < -0.4 is 9.88 Å². The monoisotopic (exact) mass is 371 g/mol. The van der Waals surface area contributed by atoms with Gasteiger partial charge in [-0.1, -0.05) is 18.2 Å². The lowest BCUT2D eigenvalue weighted by Crippen LogP contribution is -2.15. The first-order chi connectivity index (χ1) is 11.7. The lowest BCUT2D eigenvalue weighted by molar-refractivity contribution is -0.0498. The van der Waals surface area contributed by atoms with E-state index in [4.69, 9.17) is 9.88 Å². The molecule has 0 aromatic heterocycles. The number of benzene rings is 2. The average Bonchev–Trinajstić information content (AvgIpc) is 2.52. The number of carbonyl (C=O) groups excluding carboxylic acids is 1. The number of nitrogens with two attached hydrogens (primary N) is 1. The Morgan fingerprint density at radius 2 is 1.80 bits per heavy atom. The zero-order chi connectivity index (χ0) is 18.6. The van der Waals surface area contributed by atoms with Gasteiger partial charge in [0.1, 0.15) is 12.4 Å². The van der Waals surface area contributed by atoms with Gasteiger partial charge in [0.25, 0.3) is 0 Å². The smallest absolute Gasteiger partial charge is 0.387 e. The molecule has 9 heteroatoms. The molecule has 2 N–H and O–H groups in total. The van der Waals surface area contributed by atoms with E-state index in [1.165, 1.54) is 36.4 Å². The van der Waals surface area contributed by atoms with Gasteiger partial charge >= 0.3 is 12.6 Å². The minimum Gasteiger partial charge on any atom is -0.457 e. The highest BCUT2D eigenvalue weighted by Crippen LogP contribution is 2.18. The second-order valence-electron chi connectivity index (χ2n) is 5.12. The van der Waals surface area contributed by atoms with Crippen molar-refractivity contribution in [2.75, 3.05) is 0 Å². The number of ether oxygens (including phenoxy) is 2. The zero-order valence-electron chi connectivity index (χ0n) is 13.1. The van der Waals surface area contributed by atoms with Gasteiger partial charge in [-0.25, -0.2) is 18.4 Å². The number of alkyl halides is 2. The van der Waals surface area contributed by atoms with Crippen LogP contribution in [-0.4, -0.2) is 21.0 Å². The molecule has 0 amide bonds. The summed E-state index contributed by atoms with van der Waals surface area (Å²) in [4.78, 5) is 11.9. The SMILES string of the molecule is Cc1ccc(C(=O)OCc2ccc(OC(F)F)cc2)cc1S(N)(=O)=O. The summed E-state index contributed by atoms with van der Waals surface area (Å²) in [5, 5.41) is 5.10. The third kappa shape index (κ3) is 5.23. The molecule has 0 saturated carbocycles. The van der Waals surface area contributed by atoms with Crippen molar-refractivity contribution in [2.24, 2.45) is 5.14 Å². The first-order valence-corrected chi connectivity index (χ1v) is 8.56. The molecular weight excluding hydrogens is 356 g/mol. The lowest BCUT2D eigenvalue weighted by atomic mass is 10.1. The standard InChI is InChI=1S/C16H15F2NO5S/c1-10-2-5-12(8-14(10)25(19,21)22)15(20)23-9-11-3-6-13(7-4-11)24-16(17)18/h2-8,16H,9H2,1H3,(H2,19,21,22). The maximum Gasteiger partial charge on any atom is 0.387 e. The van der Waals surface area contributed by atoms with Gasteiger partial charge in [-0.2, -0.15) is 8.78 Å². The summed E-state index contributed by atoms with van der Waals surface area (Å²) in [6.45, 7) is -1.48. The van der Waals surface area contributed by atoms with Gasteiger partial charge in [-0.3, -0.25) is 0 Å². The van der Waals surface area contributed by atoms with Crippen molar-refractivity contribution in [3.63, 3.8) is 0 Å². The molecule has 0 atom stereocenters. The molecule has 0 aliphatic rings. The Balaban J connectivity index is 2.05. The molecule has 0 saturated heterocycles. The van der Waals surface area contributed by atoms with Crippen molar-refractivity contribution in [1.82, 2.24) is 0 Å². The van der Waals surface area contributed by atoms with E-state index in [0.717, 1.165) is 6.07 Å². The Kier molecular flexibility index (Phi) is 5.70. The molecule has 2 aromatic rings. The number of sulfonamides is 1. The second kappa shape index (κ2) is 7.58. The summed E-state index contributed by atoms with van der Waals surface area (Å²) in [6, 6.07) is 9.59. The highest BCUT2D eigenvalue weighted by molar-refractivity contribution is 7.89. The minimum atomic E-state index is -3.95. The summed E-state index contributed by atoms with van der Waals surface area (Å²) in [5.74, 6) is -0.751. The summed E-state index contributed by atoms with van der Waals surface area (Å²) in [5.41, 5.74) is 0.995. The zero-order valence-corrected chi connectivity index (χ0v) is 13.9. The minimum absolute atomic E-state index is 0.0126. The Labute approximate surface area is 143 Å². The fourth-order valence-corrected chi connectivity index (χ4v) is 2.84. The number of esters is 1. The van der Waals surface area contributed by atoms with Crippen LogP contribution in [0.3, 0.4) is 0 Å². The quantitative estimate of drug-likeness (QED) is 0.788. The molecule has 0 unspecified atom stereocenters. The summed E-state index contributed by atoms with van der Waals surface area (Å²) in [6.07, 6.45) is 0. The highest BCUT2D eigenvalue weighted by Gasteiger charge is 2.16. The van der Waals surface area contributed by atoms with Crippen LogP contribution in [0.1, 0.15) is 21.5 Å². The van der Waals surface area contributed by atoms with Crippen LogP contribution in [0, 0.1) is 6.92 Å². The predicted molar refractivity (Wildman–Crippen MR) is 84.7 cm³/mol. The van der Waals surface area contributed by atoms with E-state index < -0.39 is 22.6 Å². The number of halogens is 2. The van der Waals surface area contributed by atoms with Gasteiger partial charge in [0, 0.05) is 0 Å². The van der Waals surface area contributed by atoms with Crippen LogP contribution in [-0.2, 0) is 21.4 Å². The summed E-state index contributed by atoms with van der Waals surface area (Å²) >= 11 is 0. The second-order valence-corrected chi connectivity index (χ2v) is 6.65. The first-order valence-electron chi connectivity index (χ1n) is 7.01. The van der Waals surface area contributed by atoms with E-state index in [2.05, 4.69) is 4.74 Å². The Hall–Kier alpha value is -2.52. The van der Waals surface area contributed by atoms with Gasteiger partial charge in [-0.15, -0.1) is 0 Å². The first kappa shape index (κ1) is 18.8. The van der Waals surface area contributed by atoms with Crippen LogP contribution in [0.15, 0.2) is 47.4 Å².